The predicted molar refractivity (Wildman–Crippen MR) is 91.8 cm³/mol. The maximum Gasteiger partial charge on any atom is 0.303 e. The van der Waals surface area contributed by atoms with E-state index in [1.165, 1.54) is 83.7 Å². The van der Waals surface area contributed by atoms with Crippen molar-refractivity contribution < 1.29 is 9.90 Å². The molecule has 4 heteroatoms. The zero-order valence-corrected chi connectivity index (χ0v) is 14.5. The lowest BCUT2D eigenvalue weighted by Gasteiger charge is -2.34. The molecule has 1 aliphatic carbocycles. The van der Waals surface area contributed by atoms with E-state index in [0.29, 0.717) is 6.42 Å². The second-order valence-electron chi connectivity index (χ2n) is 6.66. The SMILES string of the molecule is C1CCCC(N2CCCCCCN2)CCC1.CCCC(=O)O. The first-order valence-corrected chi connectivity index (χ1v) is 9.46. The molecule has 22 heavy (non-hydrogen) atoms. The summed E-state index contributed by atoms with van der Waals surface area (Å²) in [5.41, 5.74) is 3.67. The molecule has 4 nitrogen and oxygen atoms in total. The van der Waals surface area contributed by atoms with E-state index < -0.39 is 5.97 Å². The van der Waals surface area contributed by atoms with E-state index in [4.69, 9.17) is 5.11 Å². The fraction of sp³-hybridized carbons (Fsp3) is 0.944. The highest BCUT2D eigenvalue weighted by Crippen LogP contribution is 2.21. The standard InChI is InChI=1S/C14H28N2.C4H8O2/c1-2-6-10-14(11-7-3-1)16-13-9-5-4-8-12-15-16;1-2-3-4(5)6/h14-15H,1-13H2;2-3H2,1H3,(H,5,6). The molecule has 1 saturated carbocycles. The molecule has 0 aromatic heterocycles. The van der Waals surface area contributed by atoms with Crippen LogP contribution in [0.25, 0.3) is 0 Å². The number of hydrogen-bond acceptors (Lipinski definition) is 3. The van der Waals surface area contributed by atoms with Crippen molar-refractivity contribution in [3.8, 4) is 0 Å². The number of hydrazine groups is 1. The molecule has 0 amide bonds. The summed E-state index contributed by atoms with van der Waals surface area (Å²) >= 11 is 0. The second kappa shape index (κ2) is 12.9. The van der Waals surface area contributed by atoms with Gasteiger partial charge in [-0.05, 0) is 32.1 Å². The minimum Gasteiger partial charge on any atom is -0.481 e. The summed E-state index contributed by atoms with van der Waals surface area (Å²) in [6.07, 6.45) is 16.8. The number of nitrogens with zero attached hydrogens (tertiary/aromatic N) is 1. The van der Waals surface area contributed by atoms with Gasteiger partial charge >= 0.3 is 5.97 Å². The van der Waals surface area contributed by atoms with Gasteiger partial charge in [-0.25, -0.2) is 5.01 Å². The first-order valence-electron chi connectivity index (χ1n) is 9.46. The Bertz CT molecular complexity index is 248. The van der Waals surface area contributed by atoms with Crippen LogP contribution in [0.3, 0.4) is 0 Å². The molecule has 0 atom stereocenters. The molecule has 0 radical (unpaired) electrons. The first-order chi connectivity index (χ1) is 10.7. The summed E-state index contributed by atoms with van der Waals surface area (Å²) in [5, 5.41) is 10.5. The highest BCUT2D eigenvalue weighted by atomic mass is 16.4. The minimum atomic E-state index is -0.711. The van der Waals surface area contributed by atoms with Gasteiger partial charge in [-0.15, -0.1) is 0 Å². The Kier molecular flexibility index (Phi) is 11.4. The van der Waals surface area contributed by atoms with Crippen molar-refractivity contribution in [2.45, 2.75) is 96.4 Å². The Morgan fingerprint density at radius 3 is 2.18 bits per heavy atom. The monoisotopic (exact) mass is 312 g/mol. The Morgan fingerprint density at radius 2 is 1.59 bits per heavy atom. The van der Waals surface area contributed by atoms with E-state index in [-0.39, 0.29) is 0 Å². The Labute approximate surface area is 136 Å². The Morgan fingerprint density at radius 1 is 1.00 bits per heavy atom. The molecular weight excluding hydrogens is 276 g/mol. The highest BCUT2D eigenvalue weighted by Gasteiger charge is 2.19. The first kappa shape index (κ1) is 19.4. The highest BCUT2D eigenvalue weighted by molar-refractivity contribution is 5.66. The number of carboxylic acid groups (broad SMARTS) is 1. The van der Waals surface area contributed by atoms with Gasteiger partial charge in [-0.3, -0.25) is 10.2 Å². The smallest absolute Gasteiger partial charge is 0.303 e. The van der Waals surface area contributed by atoms with Crippen LogP contribution in [0, 0.1) is 0 Å². The average molecular weight is 312 g/mol. The van der Waals surface area contributed by atoms with E-state index in [9.17, 15) is 4.79 Å². The molecule has 1 aliphatic heterocycles. The van der Waals surface area contributed by atoms with E-state index >= 15 is 0 Å². The molecule has 2 rings (SSSR count). The Hall–Kier alpha value is -0.610. The molecular formula is C18H36N2O2. The van der Waals surface area contributed by atoms with Crippen molar-refractivity contribution in [2.75, 3.05) is 13.1 Å². The van der Waals surface area contributed by atoms with E-state index in [0.717, 1.165) is 12.5 Å². The topological polar surface area (TPSA) is 52.6 Å². The normalized spacial score (nSPS) is 22.4. The summed E-state index contributed by atoms with van der Waals surface area (Å²) in [5.74, 6) is -0.711. The van der Waals surface area contributed by atoms with Gasteiger partial charge in [-0.1, -0.05) is 51.9 Å². The van der Waals surface area contributed by atoms with Gasteiger partial charge in [0.1, 0.15) is 0 Å². The predicted octanol–water partition coefficient (Wildman–Crippen LogP) is 4.35. The molecule has 1 saturated heterocycles. The number of carbonyl (C=O) groups is 1. The third-order valence-electron chi connectivity index (χ3n) is 4.62. The van der Waals surface area contributed by atoms with Gasteiger partial charge in [0, 0.05) is 25.6 Å². The van der Waals surface area contributed by atoms with E-state index in [2.05, 4.69) is 10.4 Å². The maximum atomic E-state index is 9.60. The molecule has 0 spiro atoms. The van der Waals surface area contributed by atoms with Crippen molar-refractivity contribution in [3.63, 3.8) is 0 Å². The summed E-state index contributed by atoms with van der Waals surface area (Å²) in [4.78, 5) is 9.60. The number of nitrogens with one attached hydrogen (secondary N) is 1. The van der Waals surface area contributed by atoms with Gasteiger partial charge in [0.05, 0.1) is 0 Å². The van der Waals surface area contributed by atoms with Crippen LogP contribution in [-0.4, -0.2) is 35.2 Å². The van der Waals surface area contributed by atoms with Crippen LogP contribution >= 0.6 is 0 Å². The molecule has 2 aliphatic rings. The van der Waals surface area contributed by atoms with Crippen LogP contribution in [0.2, 0.25) is 0 Å². The number of hydrogen-bond donors (Lipinski definition) is 2. The molecule has 0 aromatic carbocycles. The fourth-order valence-corrected chi connectivity index (χ4v) is 3.33. The molecule has 0 unspecified atom stereocenters. The third kappa shape index (κ3) is 9.42. The molecule has 2 fully saturated rings. The molecule has 1 heterocycles. The van der Waals surface area contributed by atoms with Crippen molar-refractivity contribution >= 4 is 5.97 Å². The van der Waals surface area contributed by atoms with Gasteiger partial charge in [0.2, 0.25) is 0 Å². The van der Waals surface area contributed by atoms with Crippen LogP contribution in [0.1, 0.15) is 90.4 Å². The van der Waals surface area contributed by atoms with Crippen LogP contribution < -0.4 is 5.43 Å². The van der Waals surface area contributed by atoms with Crippen molar-refractivity contribution in [2.24, 2.45) is 0 Å². The summed E-state index contributed by atoms with van der Waals surface area (Å²) in [6.45, 7) is 4.33. The van der Waals surface area contributed by atoms with Gasteiger partial charge in [0.15, 0.2) is 0 Å². The van der Waals surface area contributed by atoms with Gasteiger partial charge in [0.25, 0.3) is 0 Å². The molecule has 0 aromatic rings. The summed E-state index contributed by atoms with van der Waals surface area (Å²) in [7, 11) is 0. The van der Waals surface area contributed by atoms with Gasteiger partial charge < -0.3 is 5.11 Å². The Balaban J connectivity index is 0.000000346. The summed E-state index contributed by atoms with van der Waals surface area (Å²) < 4.78 is 0. The van der Waals surface area contributed by atoms with Crippen LogP contribution in [-0.2, 0) is 4.79 Å². The minimum absolute atomic E-state index is 0.292. The maximum absolute atomic E-state index is 9.60. The van der Waals surface area contributed by atoms with Gasteiger partial charge in [-0.2, -0.15) is 0 Å². The second-order valence-corrected chi connectivity index (χ2v) is 6.66. The summed E-state index contributed by atoms with van der Waals surface area (Å²) in [6, 6.07) is 0.832. The zero-order chi connectivity index (χ0) is 16.0. The van der Waals surface area contributed by atoms with Crippen molar-refractivity contribution in [1.82, 2.24) is 10.4 Å². The van der Waals surface area contributed by atoms with Crippen LogP contribution in [0.15, 0.2) is 0 Å². The number of aliphatic carboxylic acids is 1. The lowest BCUT2D eigenvalue weighted by atomic mass is 9.96. The third-order valence-corrected chi connectivity index (χ3v) is 4.62. The molecule has 2 N–H and O–H groups in total. The van der Waals surface area contributed by atoms with E-state index in [1.54, 1.807) is 0 Å². The largest absolute Gasteiger partial charge is 0.481 e. The van der Waals surface area contributed by atoms with E-state index in [1.807, 2.05) is 6.92 Å². The molecule has 130 valence electrons. The fourth-order valence-electron chi connectivity index (χ4n) is 3.33. The average Bonchev–Trinajstić information content (AvgIpc) is 2.40. The molecule has 0 bridgehead atoms. The number of rotatable bonds is 3. The zero-order valence-electron chi connectivity index (χ0n) is 14.5. The van der Waals surface area contributed by atoms with Crippen molar-refractivity contribution in [1.29, 1.82) is 0 Å². The van der Waals surface area contributed by atoms with Crippen LogP contribution in [0.4, 0.5) is 0 Å². The van der Waals surface area contributed by atoms with Crippen molar-refractivity contribution in [3.05, 3.63) is 0 Å². The lowest BCUT2D eigenvalue weighted by molar-refractivity contribution is -0.137. The lowest BCUT2D eigenvalue weighted by Crippen LogP contribution is -2.47. The number of carboxylic acids is 1. The quantitative estimate of drug-likeness (QED) is 0.813. The van der Waals surface area contributed by atoms with Crippen LogP contribution in [0.5, 0.6) is 0 Å².